The first-order chi connectivity index (χ1) is 6.61. The molecule has 2 unspecified atom stereocenters. The molecule has 2 N–H and O–H groups in total. The van der Waals surface area contributed by atoms with Gasteiger partial charge >= 0.3 is 0 Å². The largest absolute Gasteiger partial charge is 0.341 e. The Balaban J connectivity index is 2.45. The monoisotopic (exact) mass is 212 g/mol. The second-order valence-corrected chi connectivity index (χ2v) is 4.68. The zero-order chi connectivity index (χ0) is 10.3. The molecule has 0 bridgehead atoms. The van der Waals surface area contributed by atoms with Crippen molar-refractivity contribution in [2.45, 2.75) is 38.1 Å². The number of aromatic nitrogens is 1. The lowest BCUT2D eigenvalue weighted by Gasteiger charge is -2.25. The smallest absolute Gasteiger partial charge is 0.112 e. The van der Waals surface area contributed by atoms with Crippen molar-refractivity contribution in [1.82, 2.24) is 4.57 Å². The molecule has 78 valence electrons. The summed E-state index contributed by atoms with van der Waals surface area (Å²) in [5, 5.41) is 0.894. The van der Waals surface area contributed by atoms with E-state index in [2.05, 4.69) is 13.1 Å². The second-order valence-electron chi connectivity index (χ2n) is 4.32. The minimum Gasteiger partial charge on any atom is -0.341 e. The van der Waals surface area contributed by atoms with E-state index in [9.17, 15) is 0 Å². The third-order valence-corrected chi connectivity index (χ3v) is 3.71. The number of halogens is 1. The van der Waals surface area contributed by atoms with Crippen molar-refractivity contribution in [3.05, 3.63) is 22.5 Å². The SMILES string of the molecule is CC(N)C1CCCc2c1cn(C)c2Cl. The molecule has 3 heteroatoms. The Morgan fingerprint density at radius 3 is 3.00 bits per heavy atom. The van der Waals surface area contributed by atoms with Crippen LogP contribution in [0.25, 0.3) is 0 Å². The fraction of sp³-hybridized carbons (Fsp3) is 0.636. The van der Waals surface area contributed by atoms with E-state index in [0.29, 0.717) is 5.92 Å². The first-order valence-electron chi connectivity index (χ1n) is 5.20. The van der Waals surface area contributed by atoms with Gasteiger partial charge in [-0.05, 0) is 37.3 Å². The summed E-state index contributed by atoms with van der Waals surface area (Å²) in [4.78, 5) is 0. The highest BCUT2D eigenvalue weighted by Crippen LogP contribution is 2.37. The Morgan fingerprint density at radius 1 is 1.64 bits per heavy atom. The topological polar surface area (TPSA) is 30.9 Å². The van der Waals surface area contributed by atoms with Crippen LogP contribution in [0.5, 0.6) is 0 Å². The summed E-state index contributed by atoms with van der Waals surface area (Å²) in [7, 11) is 2.00. The third kappa shape index (κ3) is 1.47. The predicted molar refractivity (Wildman–Crippen MR) is 59.8 cm³/mol. The van der Waals surface area contributed by atoms with Crippen LogP contribution >= 0.6 is 11.6 Å². The fourth-order valence-electron chi connectivity index (χ4n) is 2.44. The van der Waals surface area contributed by atoms with Crippen LogP contribution in [-0.2, 0) is 13.5 Å². The predicted octanol–water partition coefficient (Wildman–Crippen LogP) is 2.45. The highest BCUT2D eigenvalue weighted by Gasteiger charge is 2.26. The molecule has 0 saturated heterocycles. The molecule has 2 atom stereocenters. The van der Waals surface area contributed by atoms with Gasteiger partial charge in [-0.3, -0.25) is 0 Å². The Morgan fingerprint density at radius 2 is 2.36 bits per heavy atom. The number of hydrogen-bond acceptors (Lipinski definition) is 1. The lowest BCUT2D eigenvalue weighted by molar-refractivity contribution is 0.487. The van der Waals surface area contributed by atoms with Crippen molar-refractivity contribution in [1.29, 1.82) is 0 Å². The molecule has 0 saturated carbocycles. The van der Waals surface area contributed by atoms with Crippen molar-refractivity contribution in [3.8, 4) is 0 Å². The van der Waals surface area contributed by atoms with Crippen molar-refractivity contribution in [2.75, 3.05) is 0 Å². The van der Waals surface area contributed by atoms with Crippen LogP contribution in [-0.4, -0.2) is 10.6 Å². The molecule has 1 aromatic rings. The second kappa shape index (κ2) is 3.59. The van der Waals surface area contributed by atoms with Crippen LogP contribution < -0.4 is 5.73 Å². The third-order valence-electron chi connectivity index (χ3n) is 3.22. The molecule has 1 aliphatic rings. The summed E-state index contributed by atoms with van der Waals surface area (Å²) in [6.45, 7) is 2.08. The minimum atomic E-state index is 0.229. The van der Waals surface area contributed by atoms with E-state index in [4.69, 9.17) is 17.3 Å². The van der Waals surface area contributed by atoms with Gasteiger partial charge in [-0.2, -0.15) is 0 Å². The minimum absolute atomic E-state index is 0.229. The van der Waals surface area contributed by atoms with Gasteiger partial charge < -0.3 is 10.3 Å². The Kier molecular flexibility index (Phi) is 2.58. The van der Waals surface area contributed by atoms with Gasteiger partial charge in [0.05, 0.1) is 0 Å². The molecule has 0 aliphatic heterocycles. The van der Waals surface area contributed by atoms with Crippen molar-refractivity contribution < 1.29 is 0 Å². The standard InChI is InChI=1S/C11H17ClN2/c1-7(13)8-4-3-5-9-10(8)6-14(2)11(9)12/h6-8H,3-5,13H2,1-2H3. The van der Waals surface area contributed by atoms with E-state index in [1.165, 1.54) is 24.0 Å². The molecule has 0 fully saturated rings. The Hall–Kier alpha value is -0.470. The summed E-state index contributed by atoms with van der Waals surface area (Å²) < 4.78 is 2.01. The quantitative estimate of drug-likeness (QED) is 0.762. The molecule has 14 heavy (non-hydrogen) atoms. The van der Waals surface area contributed by atoms with E-state index in [1.807, 2.05) is 11.6 Å². The number of nitrogens with two attached hydrogens (primary N) is 1. The van der Waals surface area contributed by atoms with Gasteiger partial charge in [0.15, 0.2) is 0 Å². The summed E-state index contributed by atoms with van der Waals surface area (Å²) in [5.74, 6) is 0.498. The van der Waals surface area contributed by atoms with Gasteiger partial charge in [-0.15, -0.1) is 0 Å². The van der Waals surface area contributed by atoms with Crippen molar-refractivity contribution in [2.24, 2.45) is 12.8 Å². The molecule has 2 rings (SSSR count). The summed E-state index contributed by atoms with van der Waals surface area (Å²) in [5.41, 5.74) is 8.68. The van der Waals surface area contributed by atoms with Crippen LogP contribution in [0, 0.1) is 0 Å². The van der Waals surface area contributed by atoms with E-state index in [1.54, 1.807) is 0 Å². The summed E-state index contributed by atoms with van der Waals surface area (Å²) >= 11 is 6.22. The number of nitrogens with zero attached hydrogens (tertiary/aromatic N) is 1. The van der Waals surface area contributed by atoms with Gasteiger partial charge in [-0.25, -0.2) is 0 Å². The normalized spacial score (nSPS) is 23.3. The number of aryl methyl sites for hydroxylation is 1. The summed E-state index contributed by atoms with van der Waals surface area (Å²) in [6.07, 6.45) is 5.66. The molecule has 0 spiro atoms. The van der Waals surface area contributed by atoms with Crippen LogP contribution in [0.4, 0.5) is 0 Å². The van der Waals surface area contributed by atoms with E-state index >= 15 is 0 Å². The molecule has 0 amide bonds. The maximum Gasteiger partial charge on any atom is 0.112 e. The zero-order valence-electron chi connectivity index (χ0n) is 8.76. The maximum absolute atomic E-state index is 6.22. The van der Waals surface area contributed by atoms with E-state index in [-0.39, 0.29) is 6.04 Å². The van der Waals surface area contributed by atoms with Gasteiger partial charge in [0.1, 0.15) is 5.15 Å². The molecule has 1 aromatic heterocycles. The van der Waals surface area contributed by atoms with Crippen molar-refractivity contribution >= 4 is 11.6 Å². The van der Waals surface area contributed by atoms with Crippen LogP contribution in [0.15, 0.2) is 6.20 Å². The molecule has 1 aliphatic carbocycles. The molecule has 0 aromatic carbocycles. The molecular formula is C11H17ClN2. The first kappa shape index (κ1) is 10.1. The first-order valence-corrected chi connectivity index (χ1v) is 5.58. The fourth-order valence-corrected chi connectivity index (χ4v) is 2.69. The number of rotatable bonds is 1. The van der Waals surface area contributed by atoms with Crippen LogP contribution in [0.1, 0.15) is 36.8 Å². The molecule has 0 radical (unpaired) electrons. The Bertz CT molecular complexity index is 341. The van der Waals surface area contributed by atoms with Gasteiger partial charge in [-0.1, -0.05) is 11.6 Å². The van der Waals surface area contributed by atoms with Gasteiger partial charge in [0.25, 0.3) is 0 Å². The maximum atomic E-state index is 6.22. The lowest BCUT2D eigenvalue weighted by atomic mass is 9.82. The Labute approximate surface area is 90.0 Å². The number of hydrogen-bond donors (Lipinski definition) is 1. The van der Waals surface area contributed by atoms with E-state index in [0.717, 1.165) is 11.6 Å². The molecule has 1 heterocycles. The average molecular weight is 213 g/mol. The highest BCUT2D eigenvalue weighted by molar-refractivity contribution is 6.30. The number of fused-ring (bicyclic) bond motifs is 1. The molecular weight excluding hydrogens is 196 g/mol. The van der Waals surface area contributed by atoms with Gasteiger partial charge in [0, 0.05) is 25.2 Å². The summed E-state index contributed by atoms with van der Waals surface area (Å²) in [6, 6.07) is 0.229. The van der Waals surface area contributed by atoms with E-state index < -0.39 is 0 Å². The van der Waals surface area contributed by atoms with Crippen LogP contribution in [0.3, 0.4) is 0 Å². The van der Waals surface area contributed by atoms with Crippen molar-refractivity contribution in [3.63, 3.8) is 0 Å². The zero-order valence-corrected chi connectivity index (χ0v) is 9.51. The van der Waals surface area contributed by atoms with Crippen LogP contribution in [0.2, 0.25) is 5.15 Å². The average Bonchev–Trinajstić information content (AvgIpc) is 2.43. The molecule has 2 nitrogen and oxygen atoms in total. The van der Waals surface area contributed by atoms with Gasteiger partial charge in [0.2, 0.25) is 0 Å². The highest BCUT2D eigenvalue weighted by atomic mass is 35.5. The lowest BCUT2D eigenvalue weighted by Crippen LogP contribution is -2.27.